The van der Waals surface area contributed by atoms with Gasteiger partial charge in [0.1, 0.15) is 5.75 Å². The molecular weight excluding hydrogens is 259 g/mol. The van der Waals surface area contributed by atoms with Crippen molar-refractivity contribution in [3.05, 3.63) is 54.1 Å². The highest BCUT2D eigenvalue weighted by Crippen LogP contribution is 2.24. The summed E-state index contributed by atoms with van der Waals surface area (Å²) in [6, 6.07) is 15.2. The first-order chi connectivity index (χ1) is 9.19. The largest absolute Gasteiger partial charge is 0.497 e. The van der Waals surface area contributed by atoms with E-state index in [-0.39, 0.29) is 0 Å². The van der Waals surface area contributed by atoms with Crippen LogP contribution >= 0.6 is 11.8 Å². The molecule has 0 unspecified atom stereocenters. The van der Waals surface area contributed by atoms with Crippen LogP contribution in [0.25, 0.3) is 0 Å². The lowest BCUT2D eigenvalue weighted by molar-refractivity contribution is 0.414. The molecule has 0 heterocycles. The number of methoxy groups -OCH3 is 1. The zero-order valence-electron chi connectivity index (χ0n) is 10.6. The first kappa shape index (κ1) is 14.0. The van der Waals surface area contributed by atoms with E-state index in [1.165, 1.54) is 4.90 Å². The van der Waals surface area contributed by atoms with Gasteiger partial charge in [0.15, 0.2) is 0 Å². The molecule has 2 aromatic rings. The van der Waals surface area contributed by atoms with Gasteiger partial charge in [-0.05, 0) is 35.3 Å². The fourth-order valence-corrected chi connectivity index (χ4v) is 2.48. The third-order valence-corrected chi connectivity index (χ3v) is 3.83. The monoisotopic (exact) mass is 274 g/mol. The molecular formula is C14H15BO3S. The van der Waals surface area contributed by atoms with E-state index in [1.807, 2.05) is 36.4 Å². The Bertz CT molecular complexity index is 511. The number of benzene rings is 2. The van der Waals surface area contributed by atoms with E-state index >= 15 is 0 Å². The molecule has 0 amide bonds. The first-order valence-corrected chi connectivity index (χ1v) is 6.89. The van der Waals surface area contributed by atoms with Gasteiger partial charge in [-0.3, -0.25) is 0 Å². The zero-order chi connectivity index (χ0) is 13.7. The molecule has 0 aromatic heterocycles. The minimum atomic E-state index is -1.40. The van der Waals surface area contributed by atoms with E-state index in [4.69, 9.17) is 14.8 Å². The van der Waals surface area contributed by atoms with Crippen LogP contribution in [0.15, 0.2) is 53.4 Å². The van der Waals surface area contributed by atoms with Crippen molar-refractivity contribution in [2.75, 3.05) is 7.11 Å². The lowest BCUT2D eigenvalue weighted by Crippen LogP contribution is -2.29. The molecule has 0 atom stereocenters. The van der Waals surface area contributed by atoms with Crippen molar-refractivity contribution >= 4 is 24.3 Å². The SMILES string of the molecule is COc1ccc(SCc2ccc(B(O)O)cc2)cc1. The molecule has 5 heteroatoms. The van der Waals surface area contributed by atoms with Crippen LogP contribution in [-0.2, 0) is 5.75 Å². The summed E-state index contributed by atoms with van der Waals surface area (Å²) < 4.78 is 5.11. The summed E-state index contributed by atoms with van der Waals surface area (Å²) in [6.07, 6.45) is 0. The van der Waals surface area contributed by atoms with Gasteiger partial charge in [0.05, 0.1) is 7.11 Å². The Morgan fingerprint density at radius 1 is 1.00 bits per heavy atom. The average molecular weight is 274 g/mol. The summed E-state index contributed by atoms with van der Waals surface area (Å²) in [5.41, 5.74) is 1.66. The molecule has 0 radical (unpaired) electrons. The third-order valence-electron chi connectivity index (χ3n) is 2.74. The average Bonchev–Trinajstić information content (AvgIpc) is 2.46. The molecule has 3 nitrogen and oxygen atoms in total. The molecule has 0 spiro atoms. The third kappa shape index (κ3) is 4.03. The highest BCUT2D eigenvalue weighted by molar-refractivity contribution is 7.98. The van der Waals surface area contributed by atoms with Crippen LogP contribution in [-0.4, -0.2) is 24.3 Å². The van der Waals surface area contributed by atoms with E-state index in [2.05, 4.69) is 0 Å². The van der Waals surface area contributed by atoms with Gasteiger partial charge in [-0.25, -0.2) is 0 Å². The Morgan fingerprint density at radius 2 is 1.63 bits per heavy atom. The van der Waals surface area contributed by atoms with Gasteiger partial charge >= 0.3 is 7.12 Å². The molecule has 0 saturated carbocycles. The number of ether oxygens (including phenoxy) is 1. The summed E-state index contributed by atoms with van der Waals surface area (Å²) in [6.45, 7) is 0. The summed E-state index contributed by atoms with van der Waals surface area (Å²) in [5, 5.41) is 18.0. The number of hydrogen-bond acceptors (Lipinski definition) is 4. The van der Waals surface area contributed by atoms with Crippen LogP contribution in [0.5, 0.6) is 5.75 Å². The van der Waals surface area contributed by atoms with Crippen molar-refractivity contribution in [1.29, 1.82) is 0 Å². The Hall–Kier alpha value is -1.43. The first-order valence-electron chi connectivity index (χ1n) is 5.91. The van der Waals surface area contributed by atoms with Crippen LogP contribution in [0.3, 0.4) is 0 Å². The van der Waals surface area contributed by atoms with E-state index in [9.17, 15) is 0 Å². The Morgan fingerprint density at radius 3 is 2.16 bits per heavy atom. The highest BCUT2D eigenvalue weighted by atomic mass is 32.2. The van der Waals surface area contributed by atoms with Crippen molar-refractivity contribution in [2.45, 2.75) is 10.6 Å². The summed E-state index contributed by atoms with van der Waals surface area (Å²) >= 11 is 1.73. The smallest absolute Gasteiger partial charge is 0.488 e. The second-order valence-electron chi connectivity index (χ2n) is 4.08. The molecule has 2 N–H and O–H groups in total. The minimum Gasteiger partial charge on any atom is -0.497 e. The minimum absolute atomic E-state index is 0.512. The molecule has 0 saturated heterocycles. The fourth-order valence-electron chi connectivity index (χ4n) is 1.62. The van der Waals surface area contributed by atoms with E-state index < -0.39 is 7.12 Å². The Balaban J connectivity index is 1.94. The predicted octanol–water partition coefficient (Wildman–Crippen LogP) is 1.67. The van der Waals surface area contributed by atoms with Crippen LogP contribution < -0.4 is 10.2 Å². The zero-order valence-corrected chi connectivity index (χ0v) is 11.4. The summed E-state index contributed by atoms with van der Waals surface area (Å²) in [5.74, 6) is 1.69. The van der Waals surface area contributed by atoms with Gasteiger partial charge in [-0.1, -0.05) is 24.3 Å². The molecule has 0 aliphatic heterocycles. The molecule has 0 bridgehead atoms. The molecule has 0 aliphatic carbocycles. The van der Waals surface area contributed by atoms with E-state index in [0.29, 0.717) is 5.46 Å². The molecule has 2 aromatic carbocycles. The van der Waals surface area contributed by atoms with Crippen LogP contribution in [0.1, 0.15) is 5.56 Å². The molecule has 0 aliphatic rings. The molecule has 0 fully saturated rings. The number of thioether (sulfide) groups is 1. The lowest BCUT2D eigenvalue weighted by atomic mass is 9.80. The van der Waals surface area contributed by atoms with Crippen molar-refractivity contribution in [1.82, 2.24) is 0 Å². The van der Waals surface area contributed by atoms with Gasteiger partial charge in [0.2, 0.25) is 0 Å². The number of hydrogen-bond donors (Lipinski definition) is 2. The maximum Gasteiger partial charge on any atom is 0.488 e. The molecule has 98 valence electrons. The second kappa shape index (κ2) is 6.66. The summed E-state index contributed by atoms with van der Waals surface area (Å²) in [7, 11) is 0.252. The van der Waals surface area contributed by atoms with E-state index in [0.717, 1.165) is 17.1 Å². The van der Waals surface area contributed by atoms with Crippen LogP contribution in [0, 0.1) is 0 Å². The highest BCUT2D eigenvalue weighted by Gasteiger charge is 2.09. The van der Waals surface area contributed by atoms with Gasteiger partial charge in [-0.2, -0.15) is 0 Å². The van der Waals surface area contributed by atoms with Gasteiger partial charge in [0, 0.05) is 10.6 Å². The van der Waals surface area contributed by atoms with Crippen LogP contribution in [0.4, 0.5) is 0 Å². The van der Waals surface area contributed by atoms with Crippen LogP contribution in [0.2, 0.25) is 0 Å². The maximum absolute atomic E-state index is 9.01. The normalized spacial score (nSPS) is 10.3. The summed E-state index contributed by atoms with van der Waals surface area (Å²) in [4.78, 5) is 1.17. The van der Waals surface area contributed by atoms with E-state index in [1.54, 1.807) is 31.0 Å². The topological polar surface area (TPSA) is 49.7 Å². The van der Waals surface area contributed by atoms with Gasteiger partial charge < -0.3 is 14.8 Å². The lowest BCUT2D eigenvalue weighted by Gasteiger charge is -2.05. The van der Waals surface area contributed by atoms with Crippen molar-refractivity contribution < 1.29 is 14.8 Å². The second-order valence-corrected chi connectivity index (χ2v) is 5.13. The van der Waals surface area contributed by atoms with Crippen molar-refractivity contribution in [3.63, 3.8) is 0 Å². The van der Waals surface area contributed by atoms with Gasteiger partial charge in [-0.15, -0.1) is 11.8 Å². The Kier molecular flexibility index (Phi) is 4.90. The van der Waals surface area contributed by atoms with Gasteiger partial charge in [0.25, 0.3) is 0 Å². The Labute approximate surface area is 117 Å². The molecule has 19 heavy (non-hydrogen) atoms. The number of rotatable bonds is 5. The van der Waals surface area contributed by atoms with Crippen molar-refractivity contribution in [2.24, 2.45) is 0 Å². The fraction of sp³-hybridized carbons (Fsp3) is 0.143. The molecule has 2 rings (SSSR count). The van der Waals surface area contributed by atoms with Crippen molar-refractivity contribution in [3.8, 4) is 5.75 Å². The standard InChI is InChI=1S/C14H15BO3S/c1-18-13-6-8-14(9-7-13)19-10-11-2-4-12(5-3-11)15(16)17/h2-9,16-17H,10H2,1H3. The maximum atomic E-state index is 9.01. The predicted molar refractivity (Wildman–Crippen MR) is 78.8 cm³/mol. The quantitative estimate of drug-likeness (QED) is 0.643.